The molecule has 1 heterocycles. The molecule has 0 bridgehead atoms. The first-order valence-electron chi connectivity index (χ1n) is 6.46. The summed E-state index contributed by atoms with van der Waals surface area (Å²) in [6, 6.07) is 4.70. The van der Waals surface area contributed by atoms with Crippen LogP contribution in [0.3, 0.4) is 0 Å². The van der Waals surface area contributed by atoms with Gasteiger partial charge in [0.05, 0.1) is 0 Å². The highest BCUT2D eigenvalue weighted by Gasteiger charge is 2.18. The van der Waals surface area contributed by atoms with Crippen molar-refractivity contribution in [1.29, 1.82) is 0 Å². The van der Waals surface area contributed by atoms with Crippen molar-refractivity contribution < 1.29 is 14.3 Å². The van der Waals surface area contributed by atoms with E-state index in [0.29, 0.717) is 11.5 Å². The molecule has 1 aromatic rings. The fraction of sp³-hybridized carbons (Fsp3) is 0.400. The van der Waals surface area contributed by atoms with Gasteiger partial charge < -0.3 is 5.11 Å². The van der Waals surface area contributed by atoms with E-state index < -0.39 is 5.97 Å². The molecule has 1 atom stereocenters. The van der Waals surface area contributed by atoms with Crippen molar-refractivity contribution in [2.75, 3.05) is 13.1 Å². The normalized spacial score (nSPS) is 20.2. The molecule has 1 unspecified atom stereocenters. The van der Waals surface area contributed by atoms with Crippen LogP contribution in [-0.4, -0.2) is 29.1 Å². The van der Waals surface area contributed by atoms with E-state index in [2.05, 4.69) is 11.8 Å². The number of hydrogen-bond acceptors (Lipinski definition) is 2. The van der Waals surface area contributed by atoms with Crippen LogP contribution in [0.2, 0.25) is 0 Å². The number of rotatable bonds is 4. The van der Waals surface area contributed by atoms with Crippen molar-refractivity contribution >= 4 is 12.0 Å². The molecule has 4 heteroatoms. The summed E-state index contributed by atoms with van der Waals surface area (Å²) in [4.78, 5) is 12.8. The summed E-state index contributed by atoms with van der Waals surface area (Å²) >= 11 is 0. The number of hydrogen-bond donors (Lipinski definition) is 1. The number of aliphatic carboxylic acids is 1. The fourth-order valence-electron chi connectivity index (χ4n) is 2.46. The summed E-state index contributed by atoms with van der Waals surface area (Å²) in [5.41, 5.74) is 1.48. The van der Waals surface area contributed by atoms with Crippen molar-refractivity contribution in [3.05, 3.63) is 41.2 Å². The number of nitrogens with zero attached hydrogens (tertiary/aromatic N) is 1. The van der Waals surface area contributed by atoms with E-state index in [-0.39, 0.29) is 5.82 Å². The Kier molecular flexibility index (Phi) is 4.32. The Balaban J connectivity index is 2.10. The lowest BCUT2D eigenvalue weighted by atomic mass is 10.1. The first-order chi connectivity index (χ1) is 9.02. The van der Waals surface area contributed by atoms with Gasteiger partial charge in [0.2, 0.25) is 0 Å². The Bertz CT molecular complexity index is 499. The van der Waals surface area contributed by atoms with Crippen LogP contribution in [0.1, 0.15) is 24.5 Å². The van der Waals surface area contributed by atoms with Crippen LogP contribution in [0.5, 0.6) is 0 Å². The first kappa shape index (κ1) is 13.7. The molecule has 0 amide bonds. The highest BCUT2D eigenvalue weighted by atomic mass is 19.1. The maximum atomic E-state index is 13.5. The molecule has 3 nitrogen and oxygen atoms in total. The van der Waals surface area contributed by atoms with Crippen molar-refractivity contribution in [3.63, 3.8) is 0 Å². The average Bonchev–Trinajstić information content (AvgIpc) is 2.71. The predicted octanol–water partition coefficient (Wildman–Crippen LogP) is 2.77. The third-order valence-corrected chi connectivity index (χ3v) is 3.31. The monoisotopic (exact) mass is 263 g/mol. The van der Waals surface area contributed by atoms with Gasteiger partial charge in [-0.05, 0) is 48.2 Å². The molecule has 1 saturated heterocycles. The molecule has 0 aromatic heterocycles. The minimum Gasteiger partial charge on any atom is -0.478 e. The number of benzene rings is 1. The van der Waals surface area contributed by atoms with Crippen LogP contribution in [-0.2, 0) is 11.3 Å². The van der Waals surface area contributed by atoms with Gasteiger partial charge in [0.15, 0.2) is 0 Å². The van der Waals surface area contributed by atoms with Crippen molar-refractivity contribution in [3.8, 4) is 0 Å². The minimum atomic E-state index is -1.03. The molecule has 102 valence electrons. The van der Waals surface area contributed by atoms with E-state index in [1.807, 2.05) is 6.07 Å². The third kappa shape index (κ3) is 4.17. The summed E-state index contributed by atoms with van der Waals surface area (Å²) in [5, 5.41) is 8.58. The summed E-state index contributed by atoms with van der Waals surface area (Å²) in [6.45, 7) is 5.01. The van der Waals surface area contributed by atoms with Gasteiger partial charge in [0.1, 0.15) is 5.82 Å². The maximum Gasteiger partial charge on any atom is 0.328 e. The van der Waals surface area contributed by atoms with Gasteiger partial charge in [-0.2, -0.15) is 0 Å². The van der Waals surface area contributed by atoms with E-state index in [9.17, 15) is 9.18 Å². The smallest absolute Gasteiger partial charge is 0.328 e. The number of carboxylic acids is 1. The molecule has 0 spiro atoms. The van der Waals surface area contributed by atoms with Crippen molar-refractivity contribution in [1.82, 2.24) is 4.90 Å². The lowest BCUT2D eigenvalue weighted by molar-refractivity contribution is -0.131. The highest BCUT2D eigenvalue weighted by Crippen LogP contribution is 2.19. The fourth-order valence-corrected chi connectivity index (χ4v) is 2.46. The van der Waals surface area contributed by atoms with Gasteiger partial charge in [0.25, 0.3) is 0 Å². The molecule has 1 aliphatic heterocycles. The molecule has 19 heavy (non-hydrogen) atoms. The van der Waals surface area contributed by atoms with E-state index in [0.717, 1.165) is 31.3 Å². The summed E-state index contributed by atoms with van der Waals surface area (Å²) in [6.07, 6.45) is 3.62. The summed E-state index contributed by atoms with van der Waals surface area (Å²) < 4.78 is 13.5. The Morgan fingerprint density at radius 1 is 1.53 bits per heavy atom. The topological polar surface area (TPSA) is 40.5 Å². The second-order valence-electron chi connectivity index (χ2n) is 5.19. The average molecular weight is 263 g/mol. The number of carbonyl (C=O) groups is 1. The van der Waals surface area contributed by atoms with E-state index in [4.69, 9.17) is 5.11 Å². The zero-order chi connectivity index (χ0) is 13.8. The molecule has 2 rings (SSSR count). The zero-order valence-corrected chi connectivity index (χ0v) is 11.0. The third-order valence-electron chi connectivity index (χ3n) is 3.31. The number of likely N-dealkylation sites (tertiary alicyclic amines) is 1. The van der Waals surface area contributed by atoms with Crippen LogP contribution in [0.25, 0.3) is 6.08 Å². The molecule has 1 aromatic carbocycles. The Hall–Kier alpha value is -1.68. The molecular weight excluding hydrogens is 245 g/mol. The molecular formula is C15H18FNO2. The van der Waals surface area contributed by atoms with Crippen LogP contribution < -0.4 is 0 Å². The zero-order valence-electron chi connectivity index (χ0n) is 11.0. The van der Waals surface area contributed by atoms with Crippen molar-refractivity contribution in [2.24, 2.45) is 5.92 Å². The van der Waals surface area contributed by atoms with Gasteiger partial charge in [-0.25, -0.2) is 9.18 Å². The highest BCUT2D eigenvalue weighted by molar-refractivity contribution is 5.85. The van der Waals surface area contributed by atoms with Gasteiger partial charge in [-0.15, -0.1) is 0 Å². The molecule has 1 N–H and O–H groups in total. The summed E-state index contributed by atoms with van der Waals surface area (Å²) in [7, 11) is 0. The van der Waals surface area contributed by atoms with Gasteiger partial charge in [-0.1, -0.05) is 13.0 Å². The SMILES string of the molecule is CC1CCN(Cc2cc(F)cc(C=CC(=O)O)c2)C1. The molecule has 0 radical (unpaired) electrons. The van der Waals surface area contributed by atoms with Gasteiger partial charge >= 0.3 is 5.97 Å². The van der Waals surface area contributed by atoms with Crippen LogP contribution in [0.4, 0.5) is 4.39 Å². The lowest BCUT2D eigenvalue weighted by Gasteiger charge is -2.15. The minimum absolute atomic E-state index is 0.324. The molecule has 1 fully saturated rings. The summed E-state index contributed by atoms with van der Waals surface area (Å²) in [5.74, 6) is -0.658. The maximum absolute atomic E-state index is 13.5. The molecule has 0 saturated carbocycles. The second kappa shape index (κ2) is 5.97. The predicted molar refractivity (Wildman–Crippen MR) is 72.1 cm³/mol. The largest absolute Gasteiger partial charge is 0.478 e. The van der Waals surface area contributed by atoms with Gasteiger partial charge in [0, 0.05) is 19.2 Å². The molecule has 1 aliphatic rings. The van der Waals surface area contributed by atoms with E-state index in [1.54, 1.807) is 0 Å². The Morgan fingerprint density at radius 2 is 2.32 bits per heavy atom. The van der Waals surface area contributed by atoms with E-state index in [1.165, 1.54) is 24.6 Å². The standard InChI is InChI=1S/C15H18FNO2/c1-11-4-5-17(9-11)10-13-6-12(2-3-15(18)19)7-14(16)8-13/h2-3,6-8,11H,4-5,9-10H2,1H3,(H,18,19). The number of carboxylic acid groups (broad SMARTS) is 1. The van der Waals surface area contributed by atoms with E-state index >= 15 is 0 Å². The Labute approximate surface area is 112 Å². The second-order valence-corrected chi connectivity index (χ2v) is 5.19. The van der Waals surface area contributed by atoms with Crippen molar-refractivity contribution in [2.45, 2.75) is 19.9 Å². The first-order valence-corrected chi connectivity index (χ1v) is 6.46. The van der Waals surface area contributed by atoms with Crippen LogP contribution in [0, 0.1) is 11.7 Å². The number of halogens is 1. The molecule has 0 aliphatic carbocycles. The van der Waals surface area contributed by atoms with Crippen LogP contribution >= 0.6 is 0 Å². The lowest BCUT2D eigenvalue weighted by Crippen LogP contribution is -2.19. The Morgan fingerprint density at radius 3 is 2.95 bits per heavy atom. The van der Waals surface area contributed by atoms with Crippen LogP contribution in [0.15, 0.2) is 24.3 Å². The van der Waals surface area contributed by atoms with Gasteiger partial charge in [-0.3, -0.25) is 4.90 Å². The quantitative estimate of drug-likeness (QED) is 0.849.